The normalized spacial score (nSPS) is 10.4. The average Bonchev–Trinajstić information content (AvgIpc) is 2.56. The molecule has 0 bridgehead atoms. The van der Waals surface area contributed by atoms with Crippen LogP contribution in [0, 0.1) is 0 Å². The second-order valence-corrected chi connectivity index (χ2v) is 2.59. The molecule has 0 aliphatic carbocycles. The summed E-state index contributed by atoms with van der Waals surface area (Å²) >= 11 is 0. The average molecular weight is 194 g/mol. The lowest BCUT2D eigenvalue weighted by molar-refractivity contribution is 0.112. The third-order valence-corrected chi connectivity index (χ3v) is 1.82. The molecule has 2 aromatic rings. The molecule has 0 aliphatic heterocycles. The van der Waals surface area contributed by atoms with Gasteiger partial charge in [-0.05, 0) is 12.1 Å². The van der Waals surface area contributed by atoms with Gasteiger partial charge in [0, 0.05) is 0 Å². The number of aldehydes is 1. The van der Waals surface area contributed by atoms with E-state index in [0.717, 1.165) is 0 Å². The Morgan fingerprint density at radius 2 is 2.14 bits per heavy atom. The molecule has 5 nitrogen and oxygen atoms in total. The molecule has 0 unspecified atom stereocenters. The summed E-state index contributed by atoms with van der Waals surface area (Å²) in [5.41, 5.74) is 0.726. The van der Waals surface area contributed by atoms with Crippen LogP contribution in [0.4, 0.5) is 0 Å². The number of rotatable bonds is 2. The molecular weight excluding hydrogens is 188 g/mol. The molecule has 0 saturated carbocycles. The number of hydrogen-bond donors (Lipinski definition) is 0. The second kappa shape index (κ2) is 3.02. The van der Waals surface area contributed by atoms with E-state index in [0.29, 0.717) is 11.8 Å². The number of carbonyl (C=O) groups is 1. The van der Waals surface area contributed by atoms with E-state index in [2.05, 4.69) is 0 Å². The first-order valence-corrected chi connectivity index (χ1v) is 3.82. The van der Waals surface area contributed by atoms with Crippen LogP contribution in [-0.2, 0) is 0 Å². The molecule has 1 aromatic heterocycles. The summed E-state index contributed by atoms with van der Waals surface area (Å²) in [6, 6.07) is 2.97. The zero-order valence-corrected chi connectivity index (χ0v) is 7.27. The van der Waals surface area contributed by atoms with Crippen LogP contribution >= 0.6 is 0 Å². The maximum Gasteiger partial charge on any atom is 0.519 e. The molecule has 0 fully saturated rings. The maximum absolute atomic E-state index is 10.8. The first-order valence-electron chi connectivity index (χ1n) is 3.82. The SMILES string of the molecule is COc1c(C=O)ccc2oc(=O)oc12. The van der Waals surface area contributed by atoms with Gasteiger partial charge in [0.15, 0.2) is 17.6 Å². The van der Waals surface area contributed by atoms with Crippen molar-refractivity contribution in [3.8, 4) is 5.75 Å². The van der Waals surface area contributed by atoms with Gasteiger partial charge in [0.25, 0.3) is 0 Å². The Morgan fingerprint density at radius 3 is 2.79 bits per heavy atom. The van der Waals surface area contributed by atoms with E-state index in [-0.39, 0.29) is 16.9 Å². The first-order chi connectivity index (χ1) is 6.76. The molecule has 0 N–H and O–H groups in total. The summed E-state index contributed by atoms with van der Waals surface area (Å²) < 4.78 is 14.4. The van der Waals surface area contributed by atoms with E-state index < -0.39 is 5.82 Å². The molecular formula is C9H6O5. The number of benzene rings is 1. The number of carbonyl (C=O) groups excluding carboxylic acids is 1. The van der Waals surface area contributed by atoms with Crippen molar-refractivity contribution < 1.29 is 18.4 Å². The highest BCUT2D eigenvalue weighted by Gasteiger charge is 2.13. The lowest BCUT2D eigenvalue weighted by Gasteiger charge is -2.00. The minimum absolute atomic E-state index is 0.155. The Balaban J connectivity index is 2.88. The number of hydrogen-bond acceptors (Lipinski definition) is 5. The molecule has 0 amide bonds. The summed E-state index contributed by atoms with van der Waals surface area (Å²) in [6.45, 7) is 0. The van der Waals surface area contributed by atoms with E-state index in [9.17, 15) is 9.59 Å². The number of methoxy groups -OCH3 is 1. The van der Waals surface area contributed by atoms with Crippen LogP contribution < -0.4 is 10.6 Å². The van der Waals surface area contributed by atoms with Gasteiger partial charge in [0.05, 0.1) is 12.7 Å². The topological polar surface area (TPSA) is 69.7 Å². The summed E-state index contributed by atoms with van der Waals surface area (Å²) in [5.74, 6) is -0.607. The fourth-order valence-corrected chi connectivity index (χ4v) is 1.23. The van der Waals surface area contributed by atoms with E-state index >= 15 is 0 Å². The maximum atomic E-state index is 10.8. The Kier molecular flexibility index (Phi) is 1.85. The van der Waals surface area contributed by atoms with Crippen molar-refractivity contribution in [1.82, 2.24) is 0 Å². The zero-order valence-electron chi connectivity index (χ0n) is 7.27. The molecule has 72 valence electrons. The third-order valence-electron chi connectivity index (χ3n) is 1.82. The molecule has 1 heterocycles. The van der Waals surface area contributed by atoms with Gasteiger partial charge in [-0.1, -0.05) is 0 Å². The van der Waals surface area contributed by atoms with Gasteiger partial charge < -0.3 is 13.6 Å². The summed E-state index contributed by atoms with van der Waals surface area (Å²) in [5, 5.41) is 0. The Bertz CT molecular complexity index is 534. The second-order valence-electron chi connectivity index (χ2n) is 2.59. The summed E-state index contributed by atoms with van der Waals surface area (Å²) in [6.07, 6.45) is 0.616. The van der Waals surface area contributed by atoms with Crippen LogP contribution in [0.2, 0.25) is 0 Å². The van der Waals surface area contributed by atoms with E-state index in [4.69, 9.17) is 13.6 Å². The Hall–Kier alpha value is -2.04. The van der Waals surface area contributed by atoms with Crippen molar-refractivity contribution >= 4 is 17.5 Å². The molecule has 0 aliphatic rings. The minimum Gasteiger partial charge on any atom is -0.492 e. The lowest BCUT2D eigenvalue weighted by atomic mass is 10.2. The Morgan fingerprint density at radius 1 is 1.36 bits per heavy atom. The molecule has 5 heteroatoms. The predicted octanol–water partition coefficient (Wildman–Crippen LogP) is 1.21. The van der Waals surface area contributed by atoms with Gasteiger partial charge >= 0.3 is 5.82 Å². The highest BCUT2D eigenvalue weighted by atomic mass is 16.6. The van der Waals surface area contributed by atoms with Gasteiger partial charge in [-0.25, -0.2) is 4.79 Å². The third kappa shape index (κ3) is 1.10. The molecule has 14 heavy (non-hydrogen) atoms. The fourth-order valence-electron chi connectivity index (χ4n) is 1.23. The number of ether oxygens (including phenoxy) is 1. The van der Waals surface area contributed by atoms with Gasteiger partial charge in [0.1, 0.15) is 0 Å². The number of fused-ring (bicyclic) bond motifs is 1. The van der Waals surface area contributed by atoms with Crippen LogP contribution in [0.15, 0.2) is 25.8 Å². The lowest BCUT2D eigenvalue weighted by Crippen LogP contribution is -1.90. The van der Waals surface area contributed by atoms with E-state index in [1.54, 1.807) is 0 Å². The van der Waals surface area contributed by atoms with Crippen molar-refractivity contribution in [2.45, 2.75) is 0 Å². The van der Waals surface area contributed by atoms with Crippen LogP contribution in [0.5, 0.6) is 5.75 Å². The van der Waals surface area contributed by atoms with Gasteiger partial charge in [-0.3, -0.25) is 4.79 Å². The van der Waals surface area contributed by atoms with Crippen LogP contribution in [0.3, 0.4) is 0 Å². The first kappa shape index (κ1) is 8.55. The summed E-state index contributed by atoms with van der Waals surface area (Å²) in [4.78, 5) is 21.4. The van der Waals surface area contributed by atoms with Crippen molar-refractivity contribution in [3.05, 3.63) is 28.3 Å². The predicted molar refractivity (Wildman–Crippen MR) is 46.7 cm³/mol. The van der Waals surface area contributed by atoms with Crippen LogP contribution in [0.1, 0.15) is 10.4 Å². The largest absolute Gasteiger partial charge is 0.519 e. The molecule has 0 saturated heterocycles. The van der Waals surface area contributed by atoms with Gasteiger partial charge in [-0.2, -0.15) is 0 Å². The molecule has 0 atom stereocenters. The Labute approximate surface area is 77.9 Å². The highest BCUT2D eigenvalue weighted by molar-refractivity contribution is 5.90. The van der Waals surface area contributed by atoms with E-state index in [1.807, 2.05) is 0 Å². The standard InChI is InChI=1S/C9H6O5/c1-12-7-5(4-10)2-3-6-8(7)14-9(11)13-6/h2-4H,1H3. The minimum atomic E-state index is -0.818. The zero-order chi connectivity index (χ0) is 10.1. The quantitative estimate of drug-likeness (QED) is 0.672. The van der Waals surface area contributed by atoms with Gasteiger partial charge in [0.2, 0.25) is 5.58 Å². The van der Waals surface area contributed by atoms with Crippen LogP contribution in [0.25, 0.3) is 11.2 Å². The molecule has 2 rings (SSSR count). The van der Waals surface area contributed by atoms with Crippen LogP contribution in [-0.4, -0.2) is 13.4 Å². The van der Waals surface area contributed by atoms with E-state index in [1.165, 1.54) is 19.2 Å². The van der Waals surface area contributed by atoms with Crippen molar-refractivity contribution in [3.63, 3.8) is 0 Å². The fraction of sp³-hybridized carbons (Fsp3) is 0.111. The molecule has 0 spiro atoms. The van der Waals surface area contributed by atoms with Gasteiger partial charge in [-0.15, -0.1) is 0 Å². The molecule has 1 aromatic carbocycles. The smallest absolute Gasteiger partial charge is 0.492 e. The molecule has 0 radical (unpaired) electrons. The van der Waals surface area contributed by atoms with Crippen molar-refractivity contribution in [2.24, 2.45) is 0 Å². The monoisotopic (exact) mass is 194 g/mol. The summed E-state index contributed by atoms with van der Waals surface area (Å²) in [7, 11) is 1.38. The highest BCUT2D eigenvalue weighted by Crippen LogP contribution is 2.27. The van der Waals surface area contributed by atoms with Crippen molar-refractivity contribution in [1.29, 1.82) is 0 Å². The van der Waals surface area contributed by atoms with Crippen molar-refractivity contribution in [2.75, 3.05) is 7.11 Å².